The van der Waals surface area contributed by atoms with Crippen LogP contribution in [-0.2, 0) is 14.9 Å². The Morgan fingerprint density at radius 3 is 2.60 bits per heavy atom. The minimum absolute atomic E-state index is 0.0442. The van der Waals surface area contributed by atoms with Gasteiger partial charge in [-0.1, -0.05) is 30.2 Å². The normalized spacial score (nSPS) is 24.1. The molecule has 1 unspecified atom stereocenters. The molecule has 1 aliphatic carbocycles. The fourth-order valence-corrected chi connectivity index (χ4v) is 3.26. The van der Waals surface area contributed by atoms with Crippen molar-refractivity contribution in [3.05, 3.63) is 34.9 Å². The van der Waals surface area contributed by atoms with Crippen LogP contribution in [0.15, 0.2) is 24.3 Å². The van der Waals surface area contributed by atoms with Gasteiger partial charge in [0.25, 0.3) is 0 Å². The summed E-state index contributed by atoms with van der Waals surface area (Å²) < 4.78 is 5.42. The Balaban J connectivity index is 1.64. The quantitative estimate of drug-likeness (QED) is 0.926. The molecule has 1 amide bonds. The number of halogens is 1. The number of amides is 1. The first-order valence-corrected chi connectivity index (χ1v) is 7.73. The molecule has 0 aromatic heterocycles. The first-order chi connectivity index (χ1) is 9.70. The SMILES string of the molecule is O=C(NCC1(c2ccc(Cl)cc2)CCC1)C1CCCO1. The molecule has 2 fully saturated rings. The molecule has 4 heteroatoms. The van der Waals surface area contributed by atoms with Gasteiger partial charge in [0.05, 0.1) is 0 Å². The van der Waals surface area contributed by atoms with E-state index >= 15 is 0 Å². The molecule has 1 N–H and O–H groups in total. The second-order valence-corrected chi connectivity index (χ2v) is 6.30. The summed E-state index contributed by atoms with van der Waals surface area (Å²) in [5.74, 6) is 0.0442. The summed E-state index contributed by atoms with van der Waals surface area (Å²) in [6, 6.07) is 8.02. The number of benzene rings is 1. The van der Waals surface area contributed by atoms with Crippen molar-refractivity contribution in [3.63, 3.8) is 0 Å². The van der Waals surface area contributed by atoms with E-state index in [4.69, 9.17) is 16.3 Å². The second kappa shape index (κ2) is 5.74. The van der Waals surface area contributed by atoms with Gasteiger partial charge in [0, 0.05) is 23.6 Å². The van der Waals surface area contributed by atoms with Crippen LogP contribution in [0.5, 0.6) is 0 Å². The number of carbonyl (C=O) groups excluding carboxylic acids is 1. The lowest BCUT2D eigenvalue weighted by atomic mass is 9.64. The number of rotatable bonds is 4. The highest BCUT2D eigenvalue weighted by Crippen LogP contribution is 2.43. The molecule has 0 bridgehead atoms. The maximum atomic E-state index is 12.1. The lowest BCUT2D eigenvalue weighted by Gasteiger charge is -2.42. The van der Waals surface area contributed by atoms with Gasteiger partial charge in [-0.2, -0.15) is 0 Å². The molecule has 2 aliphatic rings. The van der Waals surface area contributed by atoms with Crippen molar-refractivity contribution >= 4 is 17.5 Å². The standard InChI is InChI=1S/C16H20ClNO2/c17-13-6-4-12(5-7-13)16(8-2-9-16)11-18-15(19)14-3-1-10-20-14/h4-7,14H,1-3,8-11H2,(H,18,19). The van der Waals surface area contributed by atoms with Crippen molar-refractivity contribution in [2.45, 2.75) is 43.6 Å². The van der Waals surface area contributed by atoms with Crippen LogP contribution in [0.2, 0.25) is 5.02 Å². The highest BCUT2D eigenvalue weighted by atomic mass is 35.5. The Kier molecular flexibility index (Phi) is 3.99. The Labute approximate surface area is 124 Å². The molecule has 108 valence electrons. The van der Waals surface area contributed by atoms with Crippen molar-refractivity contribution in [1.82, 2.24) is 5.32 Å². The predicted molar refractivity (Wildman–Crippen MR) is 79.0 cm³/mol. The molecule has 1 heterocycles. The molecular formula is C16H20ClNO2. The van der Waals surface area contributed by atoms with Gasteiger partial charge >= 0.3 is 0 Å². The van der Waals surface area contributed by atoms with Gasteiger partial charge in [0.2, 0.25) is 5.91 Å². The first kappa shape index (κ1) is 13.9. The molecular weight excluding hydrogens is 274 g/mol. The lowest BCUT2D eigenvalue weighted by molar-refractivity contribution is -0.130. The van der Waals surface area contributed by atoms with Crippen molar-refractivity contribution in [2.24, 2.45) is 0 Å². The molecule has 3 rings (SSSR count). The van der Waals surface area contributed by atoms with Gasteiger partial charge in [0.15, 0.2) is 0 Å². The zero-order chi connectivity index (χ0) is 14.0. The first-order valence-electron chi connectivity index (χ1n) is 7.35. The van der Waals surface area contributed by atoms with Crippen LogP contribution < -0.4 is 5.32 Å². The minimum atomic E-state index is -0.239. The van der Waals surface area contributed by atoms with E-state index in [9.17, 15) is 4.79 Å². The molecule has 1 saturated carbocycles. The Morgan fingerprint density at radius 1 is 1.30 bits per heavy atom. The molecule has 1 aromatic carbocycles. The van der Waals surface area contributed by atoms with Crippen molar-refractivity contribution in [3.8, 4) is 0 Å². The molecule has 1 aliphatic heterocycles. The Hall–Kier alpha value is -1.06. The van der Waals surface area contributed by atoms with E-state index in [-0.39, 0.29) is 17.4 Å². The van der Waals surface area contributed by atoms with Gasteiger partial charge in [-0.3, -0.25) is 4.79 Å². The van der Waals surface area contributed by atoms with Crippen LogP contribution in [-0.4, -0.2) is 25.2 Å². The van der Waals surface area contributed by atoms with E-state index in [0.717, 1.165) is 30.7 Å². The summed E-state index contributed by atoms with van der Waals surface area (Å²) in [5.41, 5.74) is 1.37. The van der Waals surface area contributed by atoms with E-state index in [0.29, 0.717) is 13.2 Å². The van der Waals surface area contributed by atoms with E-state index in [2.05, 4.69) is 17.4 Å². The third kappa shape index (κ3) is 2.70. The van der Waals surface area contributed by atoms with Crippen LogP contribution in [0.1, 0.15) is 37.7 Å². The molecule has 0 spiro atoms. The molecule has 20 heavy (non-hydrogen) atoms. The zero-order valence-electron chi connectivity index (χ0n) is 11.5. The zero-order valence-corrected chi connectivity index (χ0v) is 12.3. The maximum absolute atomic E-state index is 12.1. The fraction of sp³-hybridized carbons (Fsp3) is 0.562. The summed E-state index contributed by atoms with van der Waals surface area (Å²) in [6.07, 6.45) is 5.07. The average Bonchev–Trinajstić information content (AvgIpc) is 2.93. The van der Waals surface area contributed by atoms with Crippen LogP contribution in [0.25, 0.3) is 0 Å². The van der Waals surface area contributed by atoms with Crippen molar-refractivity contribution < 1.29 is 9.53 Å². The van der Waals surface area contributed by atoms with Crippen LogP contribution in [0.4, 0.5) is 0 Å². The summed E-state index contributed by atoms with van der Waals surface area (Å²) in [4.78, 5) is 12.1. The second-order valence-electron chi connectivity index (χ2n) is 5.86. The van der Waals surface area contributed by atoms with Gasteiger partial charge in [-0.25, -0.2) is 0 Å². The molecule has 1 saturated heterocycles. The number of carbonyl (C=O) groups is 1. The minimum Gasteiger partial charge on any atom is -0.368 e. The summed E-state index contributed by atoms with van der Waals surface area (Å²) in [5, 5.41) is 3.84. The van der Waals surface area contributed by atoms with Gasteiger partial charge in [-0.05, 0) is 43.4 Å². The molecule has 1 atom stereocenters. The molecule has 3 nitrogen and oxygen atoms in total. The molecule has 1 aromatic rings. The smallest absolute Gasteiger partial charge is 0.249 e. The van der Waals surface area contributed by atoms with Crippen molar-refractivity contribution in [1.29, 1.82) is 0 Å². The maximum Gasteiger partial charge on any atom is 0.249 e. The number of ether oxygens (including phenoxy) is 1. The molecule has 0 radical (unpaired) electrons. The third-order valence-electron chi connectivity index (χ3n) is 4.59. The predicted octanol–water partition coefficient (Wildman–Crippen LogP) is 3.06. The number of hydrogen-bond donors (Lipinski definition) is 1. The van der Waals surface area contributed by atoms with Gasteiger partial charge < -0.3 is 10.1 Å². The van der Waals surface area contributed by atoms with E-state index in [1.165, 1.54) is 12.0 Å². The van der Waals surface area contributed by atoms with Crippen LogP contribution in [0.3, 0.4) is 0 Å². The topological polar surface area (TPSA) is 38.3 Å². The summed E-state index contributed by atoms with van der Waals surface area (Å²) in [7, 11) is 0. The van der Waals surface area contributed by atoms with Gasteiger partial charge in [-0.15, -0.1) is 0 Å². The van der Waals surface area contributed by atoms with Gasteiger partial charge in [0.1, 0.15) is 6.10 Å². The summed E-state index contributed by atoms with van der Waals surface area (Å²) in [6.45, 7) is 1.41. The fourth-order valence-electron chi connectivity index (χ4n) is 3.13. The Bertz CT molecular complexity index is 476. The van der Waals surface area contributed by atoms with E-state index < -0.39 is 0 Å². The average molecular weight is 294 g/mol. The highest BCUT2D eigenvalue weighted by molar-refractivity contribution is 6.30. The van der Waals surface area contributed by atoms with Crippen LogP contribution >= 0.6 is 11.6 Å². The van der Waals surface area contributed by atoms with E-state index in [1.807, 2.05) is 12.1 Å². The highest BCUT2D eigenvalue weighted by Gasteiger charge is 2.39. The number of hydrogen-bond acceptors (Lipinski definition) is 2. The lowest BCUT2D eigenvalue weighted by Crippen LogP contribution is -2.47. The summed E-state index contributed by atoms with van der Waals surface area (Å²) >= 11 is 5.95. The van der Waals surface area contributed by atoms with Crippen molar-refractivity contribution in [2.75, 3.05) is 13.2 Å². The third-order valence-corrected chi connectivity index (χ3v) is 4.84. The van der Waals surface area contributed by atoms with Crippen LogP contribution in [0, 0.1) is 0 Å². The monoisotopic (exact) mass is 293 g/mol. The Morgan fingerprint density at radius 2 is 2.05 bits per heavy atom. The largest absolute Gasteiger partial charge is 0.368 e. The van der Waals surface area contributed by atoms with E-state index in [1.54, 1.807) is 0 Å². The number of nitrogens with one attached hydrogen (secondary N) is 1.